The zero-order valence-electron chi connectivity index (χ0n) is 15.8. The summed E-state index contributed by atoms with van der Waals surface area (Å²) in [5.41, 5.74) is 2.03. The Morgan fingerprint density at radius 1 is 1.21 bits per heavy atom. The summed E-state index contributed by atoms with van der Waals surface area (Å²) in [5.74, 6) is -0.156. The summed E-state index contributed by atoms with van der Waals surface area (Å²) in [7, 11) is 1.40. The van der Waals surface area contributed by atoms with Crippen LogP contribution in [0.1, 0.15) is 12.0 Å². The first-order chi connectivity index (χ1) is 13.5. The van der Waals surface area contributed by atoms with Crippen LogP contribution in [0, 0.1) is 30.6 Å². The molecule has 28 heavy (non-hydrogen) atoms. The van der Waals surface area contributed by atoms with Crippen LogP contribution in [0.25, 0.3) is 10.2 Å². The maximum absolute atomic E-state index is 12.9. The Kier molecular flexibility index (Phi) is 3.94. The average Bonchev–Trinajstić information content (AvgIpc) is 3.07. The number of thiazole rings is 1. The number of aromatic nitrogens is 1. The predicted molar refractivity (Wildman–Crippen MR) is 104 cm³/mol. The van der Waals surface area contributed by atoms with Crippen molar-refractivity contribution in [3.05, 3.63) is 23.8 Å². The highest BCUT2D eigenvalue weighted by atomic mass is 32.1. The van der Waals surface area contributed by atoms with Gasteiger partial charge in [-0.05, 0) is 36.5 Å². The Morgan fingerprint density at radius 2 is 1.96 bits per heavy atom. The van der Waals surface area contributed by atoms with E-state index in [0.29, 0.717) is 24.8 Å². The molecule has 0 spiro atoms. The van der Waals surface area contributed by atoms with Crippen molar-refractivity contribution in [1.29, 1.82) is 0 Å². The standard InChI is InChI=1S/C20H21N3O4S/c1-10-3-4-14-15(5-10)28-20(21-14)23-7-11(6-16(23)24)18(25)22-8-12-13(9-22)17(12)19(26)27-2/h3-5,11-13,17H,6-9H2,1-2H3/t11?,12-,13+,17?. The summed E-state index contributed by atoms with van der Waals surface area (Å²) < 4.78 is 5.86. The number of esters is 1. The number of aryl methyl sites for hydroxylation is 1. The van der Waals surface area contributed by atoms with E-state index in [1.54, 1.807) is 4.90 Å². The number of benzene rings is 1. The van der Waals surface area contributed by atoms with Gasteiger partial charge in [0.1, 0.15) is 0 Å². The Labute approximate surface area is 166 Å². The lowest BCUT2D eigenvalue weighted by Gasteiger charge is -2.22. The highest BCUT2D eigenvalue weighted by Crippen LogP contribution is 2.52. The van der Waals surface area contributed by atoms with Crippen molar-refractivity contribution in [2.24, 2.45) is 23.7 Å². The largest absolute Gasteiger partial charge is 0.469 e. The molecule has 1 aliphatic carbocycles. The molecular weight excluding hydrogens is 378 g/mol. The molecular formula is C20H21N3O4S. The monoisotopic (exact) mass is 399 g/mol. The number of nitrogens with zero attached hydrogens (tertiary/aromatic N) is 3. The third-order valence-electron chi connectivity index (χ3n) is 6.22. The lowest BCUT2D eigenvalue weighted by Crippen LogP contribution is -2.38. The number of carbonyl (C=O) groups is 3. The molecule has 3 fully saturated rings. The fraction of sp³-hybridized carbons (Fsp3) is 0.500. The Hall–Kier alpha value is -2.48. The van der Waals surface area contributed by atoms with Crippen LogP contribution < -0.4 is 4.90 Å². The van der Waals surface area contributed by atoms with E-state index in [9.17, 15) is 14.4 Å². The van der Waals surface area contributed by atoms with Crippen molar-refractivity contribution in [3.8, 4) is 0 Å². The number of methoxy groups -OCH3 is 1. The predicted octanol–water partition coefficient (Wildman–Crippen LogP) is 1.84. The minimum Gasteiger partial charge on any atom is -0.469 e. The van der Waals surface area contributed by atoms with Crippen molar-refractivity contribution in [3.63, 3.8) is 0 Å². The normalized spacial score (nSPS) is 28.7. The summed E-state index contributed by atoms with van der Waals surface area (Å²) in [6.45, 7) is 3.59. The Bertz CT molecular complexity index is 990. The van der Waals surface area contributed by atoms with Crippen LogP contribution in [0.2, 0.25) is 0 Å². The second kappa shape index (κ2) is 6.27. The Morgan fingerprint density at radius 3 is 2.68 bits per heavy atom. The van der Waals surface area contributed by atoms with Gasteiger partial charge < -0.3 is 9.64 Å². The van der Waals surface area contributed by atoms with Crippen LogP contribution in [-0.2, 0) is 19.1 Å². The molecule has 1 aromatic carbocycles. The van der Waals surface area contributed by atoms with Gasteiger partial charge in [-0.25, -0.2) is 4.98 Å². The van der Waals surface area contributed by atoms with Gasteiger partial charge in [-0.3, -0.25) is 19.3 Å². The second-order valence-electron chi connectivity index (χ2n) is 7.99. The maximum Gasteiger partial charge on any atom is 0.309 e. The number of anilines is 1. The van der Waals surface area contributed by atoms with Gasteiger partial charge in [0.05, 0.1) is 29.2 Å². The summed E-state index contributed by atoms with van der Waals surface area (Å²) in [6, 6.07) is 6.03. The molecule has 0 N–H and O–H groups in total. The summed E-state index contributed by atoms with van der Waals surface area (Å²) in [6.07, 6.45) is 0.222. The third-order valence-corrected chi connectivity index (χ3v) is 7.26. The third kappa shape index (κ3) is 2.70. The highest BCUT2D eigenvalue weighted by Gasteiger charge is 2.61. The van der Waals surface area contributed by atoms with Gasteiger partial charge in [0.2, 0.25) is 11.8 Å². The molecule has 2 aliphatic heterocycles. The van der Waals surface area contributed by atoms with E-state index in [4.69, 9.17) is 4.74 Å². The molecule has 3 heterocycles. The van der Waals surface area contributed by atoms with E-state index < -0.39 is 0 Å². The first-order valence-electron chi connectivity index (χ1n) is 9.50. The molecule has 1 aromatic heterocycles. The summed E-state index contributed by atoms with van der Waals surface area (Å²) in [5, 5.41) is 0.663. The topological polar surface area (TPSA) is 79.8 Å². The van der Waals surface area contributed by atoms with Gasteiger partial charge in [0, 0.05) is 26.1 Å². The zero-order valence-corrected chi connectivity index (χ0v) is 16.6. The molecule has 0 bridgehead atoms. The maximum atomic E-state index is 12.9. The number of hydrogen-bond donors (Lipinski definition) is 0. The number of ether oxygens (including phenoxy) is 1. The lowest BCUT2D eigenvalue weighted by molar-refractivity contribution is -0.144. The van der Waals surface area contributed by atoms with E-state index in [-0.39, 0.29) is 47.9 Å². The number of hydrogen-bond acceptors (Lipinski definition) is 6. The van der Waals surface area contributed by atoms with E-state index in [1.165, 1.54) is 18.4 Å². The van der Waals surface area contributed by atoms with Crippen LogP contribution in [0.4, 0.5) is 5.13 Å². The van der Waals surface area contributed by atoms with Crippen molar-refractivity contribution < 1.29 is 19.1 Å². The molecule has 5 rings (SSSR count). The molecule has 1 saturated carbocycles. The smallest absolute Gasteiger partial charge is 0.309 e. The van der Waals surface area contributed by atoms with E-state index >= 15 is 0 Å². The van der Waals surface area contributed by atoms with E-state index in [0.717, 1.165) is 15.8 Å². The van der Waals surface area contributed by atoms with Crippen LogP contribution in [-0.4, -0.2) is 54.4 Å². The number of fused-ring (bicyclic) bond motifs is 2. The van der Waals surface area contributed by atoms with Gasteiger partial charge in [-0.2, -0.15) is 0 Å². The minimum atomic E-state index is -0.338. The molecule has 3 aliphatic rings. The molecule has 0 radical (unpaired) electrons. The number of amides is 2. The van der Waals surface area contributed by atoms with E-state index in [1.807, 2.05) is 24.0 Å². The van der Waals surface area contributed by atoms with Crippen LogP contribution in [0.5, 0.6) is 0 Å². The Balaban J connectivity index is 1.26. The molecule has 8 heteroatoms. The zero-order chi connectivity index (χ0) is 19.6. The van der Waals surface area contributed by atoms with Crippen molar-refractivity contribution in [2.75, 3.05) is 31.6 Å². The van der Waals surface area contributed by atoms with Crippen molar-refractivity contribution in [2.45, 2.75) is 13.3 Å². The highest BCUT2D eigenvalue weighted by molar-refractivity contribution is 7.22. The first-order valence-corrected chi connectivity index (χ1v) is 10.3. The fourth-order valence-electron chi connectivity index (χ4n) is 4.64. The number of rotatable bonds is 3. The van der Waals surface area contributed by atoms with Crippen LogP contribution >= 0.6 is 11.3 Å². The number of likely N-dealkylation sites (tertiary alicyclic amines) is 1. The van der Waals surface area contributed by atoms with Gasteiger partial charge in [-0.15, -0.1) is 0 Å². The van der Waals surface area contributed by atoms with Gasteiger partial charge in [0.25, 0.3) is 0 Å². The SMILES string of the molecule is COC(=O)C1[C@H]2CN(C(=O)C3CC(=O)N(c4nc5ccc(C)cc5s4)C3)C[C@@H]12. The average molecular weight is 399 g/mol. The molecule has 2 saturated heterocycles. The number of piperidine rings is 1. The molecule has 4 atom stereocenters. The van der Waals surface area contributed by atoms with Gasteiger partial charge in [0.15, 0.2) is 5.13 Å². The quantitative estimate of drug-likeness (QED) is 0.736. The van der Waals surface area contributed by atoms with Crippen LogP contribution in [0.3, 0.4) is 0 Å². The first kappa shape index (κ1) is 17.6. The number of carbonyl (C=O) groups excluding carboxylic acids is 3. The van der Waals surface area contributed by atoms with E-state index in [2.05, 4.69) is 11.1 Å². The lowest BCUT2D eigenvalue weighted by atomic mass is 10.1. The summed E-state index contributed by atoms with van der Waals surface area (Å²) in [4.78, 5) is 45.2. The fourth-order valence-corrected chi connectivity index (χ4v) is 5.73. The second-order valence-corrected chi connectivity index (χ2v) is 9.00. The van der Waals surface area contributed by atoms with Crippen molar-refractivity contribution >= 4 is 44.5 Å². The van der Waals surface area contributed by atoms with Gasteiger partial charge in [-0.1, -0.05) is 17.4 Å². The van der Waals surface area contributed by atoms with Crippen LogP contribution in [0.15, 0.2) is 18.2 Å². The molecule has 146 valence electrons. The molecule has 7 nitrogen and oxygen atoms in total. The minimum absolute atomic E-state index is 0.0172. The van der Waals surface area contributed by atoms with Gasteiger partial charge >= 0.3 is 5.97 Å². The van der Waals surface area contributed by atoms with Crippen molar-refractivity contribution in [1.82, 2.24) is 9.88 Å². The summed E-state index contributed by atoms with van der Waals surface area (Å²) >= 11 is 1.49. The molecule has 2 unspecified atom stereocenters. The molecule has 2 aromatic rings. The molecule has 2 amide bonds.